The molecule has 1 atom stereocenters. The molecule has 0 aromatic heterocycles. The fourth-order valence-electron chi connectivity index (χ4n) is 2.32. The van der Waals surface area contributed by atoms with Crippen molar-refractivity contribution in [1.29, 1.82) is 0 Å². The molecular weight excluding hydrogens is 328 g/mol. The Kier molecular flexibility index (Phi) is 4.81. The highest BCUT2D eigenvalue weighted by Crippen LogP contribution is 2.26. The van der Waals surface area contributed by atoms with Gasteiger partial charge in [0.05, 0.1) is 5.02 Å². The molecule has 0 radical (unpaired) electrons. The zero-order valence-electron chi connectivity index (χ0n) is 11.6. The molecule has 1 saturated heterocycles. The number of sulfonamides is 1. The van der Waals surface area contributed by atoms with Crippen molar-refractivity contribution in [2.45, 2.75) is 42.8 Å². The van der Waals surface area contributed by atoms with Gasteiger partial charge in [-0.25, -0.2) is 13.1 Å². The second-order valence-corrected chi connectivity index (χ2v) is 8.84. The van der Waals surface area contributed by atoms with E-state index in [0.29, 0.717) is 12.6 Å². The van der Waals surface area contributed by atoms with Crippen LogP contribution in [0, 0.1) is 0 Å². The summed E-state index contributed by atoms with van der Waals surface area (Å²) in [6.45, 7) is 0.684. The molecule has 0 amide bonds. The van der Waals surface area contributed by atoms with Crippen LogP contribution in [0.15, 0.2) is 23.1 Å². The lowest BCUT2D eigenvalue weighted by molar-refractivity contribution is 0.563. The van der Waals surface area contributed by atoms with Gasteiger partial charge in [-0.15, -0.1) is 0 Å². The quantitative estimate of drug-likeness (QED) is 0.830. The predicted octanol–water partition coefficient (Wildman–Crippen LogP) is 2.38. The minimum absolute atomic E-state index is 0.0179. The van der Waals surface area contributed by atoms with Crippen molar-refractivity contribution in [2.24, 2.45) is 0 Å². The lowest BCUT2D eigenvalue weighted by atomic mass is 10.2. The van der Waals surface area contributed by atoms with Gasteiger partial charge in [0.1, 0.15) is 4.90 Å². The Hall–Kier alpha value is -0.270. The molecule has 1 heterocycles. The Morgan fingerprint density at radius 2 is 2.05 bits per heavy atom. The molecule has 2 aliphatic rings. The molecule has 1 unspecified atom stereocenters. The van der Waals surface area contributed by atoms with Crippen LogP contribution in [0.25, 0.3) is 0 Å². The topological polar surface area (TPSA) is 58.2 Å². The van der Waals surface area contributed by atoms with Crippen molar-refractivity contribution in [3.63, 3.8) is 0 Å². The second-order valence-electron chi connectivity index (χ2n) is 5.60. The fourth-order valence-corrected chi connectivity index (χ4v) is 5.40. The Morgan fingerprint density at radius 3 is 2.71 bits per heavy atom. The average Bonchev–Trinajstić information content (AvgIpc) is 3.14. The van der Waals surface area contributed by atoms with Crippen LogP contribution in [0.4, 0.5) is 0 Å². The van der Waals surface area contributed by atoms with E-state index >= 15 is 0 Å². The second kappa shape index (κ2) is 6.46. The van der Waals surface area contributed by atoms with Crippen molar-refractivity contribution >= 4 is 33.4 Å². The van der Waals surface area contributed by atoms with Crippen molar-refractivity contribution < 1.29 is 8.42 Å². The highest BCUT2D eigenvalue weighted by molar-refractivity contribution is 7.99. The standard InChI is InChI=1S/C14H19ClN2O2S2/c15-13-4-1-10(8-16-11-2-3-11)7-14(13)21(18,19)17-12-5-6-20-9-12/h1,4,7,11-12,16-17H,2-3,5-6,8-9H2. The Bertz CT molecular complexity index is 611. The first-order valence-corrected chi connectivity index (χ1v) is 10.2. The van der Waals surface area contributed by atoms with Crippen LogP contribution < -0.4 is 10.0 Å². The molecule has 4 nitrogen and oxygen atoms in total. The Labute approximate surface area is 135 Å². The summed E-state index contributed by atoms with van der Waals surface area (Å²) in [5, 5.41) is 3.66. The number of hydrogen-bond donors (Lipinski definition) is 2. The molecule has 116 valence electrons. The summed E-state index contributed by atoms with van der Waals surface area (Å²) >= 11 is 7.87. The summed E-state index contributed by atoms with van der Waals surface area (Å²) < 4.78 is 27.7. The van der Waals surface area contributed by atoms with Gasteiger partial charge in [0.2, 0.25) is 10.0 Å². The van der Waals surface area contributed by atoms with Crippen LogP contribution in [0.1, 0.15) is 24.8 Å². The van der Waals surface area contributed by atoms with E-state index in [1.54, 1.807) is 23.9 Å². The molecule has 2 N–H and O–H groups in total. The lowest BCUT2D eigenvalue weighted by Gasteiger charge is -2.14. The highest BCUT2D eigenvalue weighted by Gasteiger charge is 2.25. The number of rotatable bonds is 6. The molecule has 1 saturated carbocycles. The highest BCUT2D eigenvalue weighted by atomic mass is 35.5. The number of nitrogens with one attached hydrogen (secondary N) is 2. The van der Waals surface area contributed by atoms with Crippen LogP contribution in [0.5, 0.6) is 0 Å². The van der Waals surface area contributed by atoms with Crippen LogP contribution in [0.3, 0.4) is 0 Å². The fraction of sp³-hybridized carbons (Fsp3) is 0.571. The van der Waals surface area contributed by atoms with Crippen molar-refractivity contribution in [3.05, 3.63) is 28.8 Å². The van der Waals surface area contributed by atoms with Gasteiger partial charge in [-0.1, -0.05) is 17.7 Å². The maximum Gasteiger partial charge on any atom is 0.242 e. The first kappa shape index (κ1) is 15.6. The maximum absolute atomic E-state index is 12.5. The number of hydrogen-bond acceptors (Lipinski definition) is 4. The first-order valence-electron chi connectivity index (χ1n) is 7.16. The summed E-state index contributed by atoms with van der Waals surface area (Å²) in [6.07, 6.45) is 3.30. The lowest BCUT2D eigenvalue weighted by Crippen LogP contribution is -2.34. The third kappa shape index (κ3) is 4.13. The largest absolute Gasteiger partial charge is 0.310 e. The normalized spacial score (nSPS) is 22.6. The van der Waals surface area contributed by atoms with E-state index in [0.717, 1.165) is 23.5 Å². The van der Waals surface area contributed by atoms with Crippen molar-refractivity contribution in [3.8, 4) is 0 Å². The van der Waals surface area contributed by atoms with Gasteiger partial charge >= 0.3 is 0 Å². The van der Waals surface area contributed by atoms with Gasteiger partial charge in [-0.3, -0.25) is 0 Å². The zero-order valence-corrected chi connectivity index (χ0v) is 14.0. The van der Waals surface area contributed by atoms with Crippen LogP contribution in [-0.2, 0) is 16.6 Å². The van der Waals surface area contributed by atoms with E-state index in [2.05, 4.69) is 10.0 Å². The van der Waals surface area contributed by atoms with Gasteiger partial charge in [-0.2, -0.15) is 11.8 Å². The van der Waals surface area contributed by atoms with Gasteiger partial charge in [0.15, 0.2) is 0 Å². The molecule has 3 rings (SSSR count). The molecule has 21 heavy (non-hydrogen) atoms. The van der Waals surface area contributed by atoms with E-state index in [9.17, 15) is 8.42 Å². The molecule has 2 fully saturated rings. The van der Waals surface area contributed by atoms with Gasteiger partial charge in [0, 0.05) is 24.4 Å². The maximum atomic E-state index is 12.5. The van der Waals surface area contributed by atoms with Gasteiger partial charge < -0.3 is 5.32 Å². The molecule has 0 spiro atoms. The smallest absolute Gasteiger partial charge is 0.242 e. The van der Waals surface area contributed by atoms with Crippen molar-refractivity contribution in [2.75, 3.05) is 11.5 Å². The van der Waals surface area contributed by atoms with Gasteiger partial charge in [0.25, 0.3) is 0 Å². The molecule has 1 aliphatic heterocycles. The first-order chi connectivity index (χ1) is 10.0. The molecule has 1 aromatic rings. The molecule has 1 aromatic carbocycles. The summed E-state index contributed by atoms with van der Waals surface area (Å²) in [5.74, 6) is 1.84. The van der Waals surface area contributed by atoms with Crippen LogP contribution in [0.2, 0.25) is 5.02 Å². The summed E-state index contributed by atoms with van der Waals surface area (Å²) in [4.78, 5) is 0.191. The van der Waals surface area contributed by atoms with Gasteiger partial charge in [-0.05, 0) is 42.7 Å². The predicted molar refractivity (Wildman–Crippen MR) is 87.4 cm³/mol. The van der Waals surface area contributed by atoms with E-state index in [4.69, 9.17) is 11.6 Å². The summed E-state index contributed by atoms with van der Waals surface area (Å²) in [7, 11) is -3.54. The number of halogens is 1. The Morgan fingerprint density at radius 1 is 1.24 bits per heavy atom. The average molecular weight is 347 g/mol. The van der Waals surface area contributed by atoms with E-state index in [1.165, 1.54) is 12.8 Å². The van der Waals surface area contributed by atoms with E-state index < -0.39 is 10.0 Å². The van der Waals surface area contributed by atoms with Crippen LogP contribution in [-0.4, -0.2) is 32.0 Å². The molecule has 7 heteroatoms. The summed E-state index contributed by atoms with van der Waals surface area (Å²) in [6, 6.07) is 5.84. The summed E-state index contributed by atoms with van der Waals surface area (Å²) in [5.41, 5.74) is 0.951. The van der Waals surface area contributed by atoms with Crippen molar-refractivity contribution in [1.82, 2.24) is 10.0 Å². The minimum Gasteiger partial charge on any atom is -0.310 e. The van der Waals surface area contributed by atoms with E-state index in [-0.39, 0.29) is 16.0 Å². The van der Waals surface area contributed by atoms with Crippen LogP contribution >= 0.6 is 23.4 Å². The molecule has 0 bridgehead atoms. The third-order valence-electron chi connectivity index (χ3n) is 3.71. The Balaban J connectivity index is 1.76. The minimum atomic E-state index is -3.54. The number of thioether (sulfide) groups is 1. The number of benzene rings is 1. The third-order valence-corrected chi connectivity index (χ3v) is 6.87. The monoisotopic (exact) mass is 346 g/mol. The zero-order chi connectivity index (χ0) is 14.9. The SMILES string of the molecule is O=S(=O)(NC1CCSC1)c1cc(CNC2CC2)ccc1Cl. The van der Waals surface area contributed by atoms with E-state index in [1.807, 2.05) is 6.07 Å². The molecular formula is C14H19ClN2O2S2. The molecule has 1 aliphatic carbocycles.